The van der Waals surface area contributed by atoms with E-state index in [1.165, 1.54) is 24.3 Å². The van der Waals surface area contributed by atoms with Crippen LogP contribution in [0.25, 0.3) is 20.5 Å². The van der Waals surface area contributed by atoms with Crippen molar-refractivity contribution < 1.29 is 18.1 Å². The van der Waals surface area contributed by atoms with Crippen LogP contribution in [-0.4, -0.2) is 36.0 Å². The summed E-state index contributed by atoms with van der Waals surface area (Å²) in [5.74, 6) is -0.521. The molecule has 26 heavy (non-hydrogen) atoms. The summed E-state index contributed by atoms with van der Waals surface area (Å²) >= 11 is 0. The molecule has 1 aliphatic rings. The van der Waals surface area contributed by atoms with E-state index in [4.69, 9.17) is 17.7 Å². The van der Waals surface area contributed by atoms with E-state index in [0.29, 0.717) is 10.8 Å². The fraction of sp³-hybridized carbons (Fsp3) is 0.0667. The van der Waals surface area contributed by atoms with Gasteiger partial charge in [0.15, 0.2) is 0 Å². The number of hydrogen-bond acceptors (Lipinski definition) is 7. The van der Waals surface area contributed by atoms with Crippen molar-refractivity contribution in [3.05, 3.63) is 53.2 Å². The van der Waals surface area contributed by atoms with Crippen LogP contribution < -0.4 is 0 Å². The van der Waals surface area contributed by atoms with E-state index in [1.807, 2.05) is 0 Å². The number of phenols is 1. The van der Waals surface area contributed by atoms with E-state index in [9.17, 15) is 13.5 Å². The second kappa shape index (κ2) is 6.33. The third-order valence-electron chi connectivity index (χ3n) is 3.40. The summed E-state index contributed by atoms with van der Waals surface area (Å²) in [5, 5.41) is 18.4. The number of fused-ring (bicyclic) bond motifs is 1. The summed E-state index contributed by atoms with van der Waals surface area (Å²) in [7, 11) is -4.37. The number of guanidine groups is 1. The number of hydrogen-bond donors (Lipinski definition) is 2. The monoisotopic (exact) mass is 368 g/mol. The third kappa shape index (κ3) is 3.12. The maximum atomic E-state index is 11.2. The summed E-state index contributed by atoms with van der Waals surface area (Å²) in [6.45, 7) is 13.9. The van der Waals surface area contributed by atoms with Crippen molar-refractivity contribution in [1.82, 2.24) is 0 Å². The Balaban J connectivity index is 2.06. The van der Waals surface area contributed by atoms with Gasteiger partial charge in [0, 0.05) is 5.39 Å². The number of nitrogens with zero attached hydrogens (tertiary/aromatic N) is 6. The van der Waals surface area contributed by atoms with Crippen molar-refractivity contribution in [2.45, 2.75) is 11.1 Å². The van der Waals surface area contributed by atoms with E-state index in [2.05, 4.69) is 29.9 Å². The van der Waals surface area contributed by atoms with Crippen LogP contribution in [0.5, 0.6) is 5.75 Å². The molecular formula is C15H8N6O4S. The van der Waals surface area contributed by atoms with Crippen molar-refractivity contribution in [2.24, 2.45) is 20.2 Å². The molecule has 1 heterocycles. The van der Waals surface area contributed by atoms with Gasteiger partial charge in [-0.25, -0.2) is 6.57 Å². The van der Waals surface area contributed by atoms with Crippen LogP contribution in [0.4, 0.5) is 5.69 Å². The van der Waals surface area contributed by atoms with Crippen LogP contribution in [0.2, 0.25) is 0 Å². The highest BCUT2D eigenvalue weighted by Crippen LogP contribution is 2.36. The van der Waals surface area contributed by atoms with Gasteiger partial charge < -0.3 is 9.95 Å². The molecule has 2 aromatic rings. The van der Waals surface area contributed by atoms with E-state index in [0.717, 1.165) is 6.07 Å². The maximum absolute atomic E-state index is 11.2. The average Bonchev–Trinajstić information content (AvgIpc) is 3.02. The first-order chi connectivity index (χ1) is 12.3. The fourth-order valence-corrected chi connectivity index (χ4v) is 2.73. The molecule has 0 saturated heterocycles. The Bertz CT molecular complexity index is 1200. The molecule has 0 saturated carbocycles. The van der Waals surface area contributed by atoms with E-state index < -0.39 is 16.3 Å². The topological polar surface area (TPSA) is 133 Å². The lowest BCUT2D eigenvalue weighted by molar-refractivity contribution is 0.477. The SMILES string of the molecule is [C-]#[N+]C1=NC(N=Nc2c(O)ccc3cc(S(=O)(=O)O)ccc23)=NC1[N+]#[C-]. The van der Waals surface area contributed by atoms with E-state index >= 15 is 0 Å². The largest absolute Gasteiger partial charge is 0.506 e. The van der Waals surface area contributed by atoms with E-state index in [1.54, 1.807) is 0 Å². The molecule has 1 aliphatic heterocycles. The van der Waals surface area contributed by atoms with Gasteiger partial charge in [-0.05, 0) is 23.6 Å². The minimum Gasteiger partial charge on any atom is -0.506 e. The summed E-state index contributed by atoms with van der Waals surface area (Å²) in [5.41, 5.74) is 0.0258. The second-order valence-corrected chi connectivity index (χ2v) is 6.43. The molecule has 0 fully saturated rings. The van der Waals surface area contributed by atoms with Gasteiger partial charge >= 0.3 is 18.0 Å². The lowest BCUT2D eigenvalue weighted by Crippen LogP contribution is -2.04. The molecule has 0 aliphatic carbocycles. The standard InChI is InChI=1S/C15H8N6O4S/c1-16-13-14(17-2)19-15(18-13)21-20-12-10-5-4-9(26(23,24)25)7-8(10)3-6-11(12)22/h3-7,13,22H,(H,23,24,25). The zero-order valence-electron chi connectivity index (χ0n) is 12.8. The Morgan fingerprint density at radius 3 is 2.54 bits per heavy atom. The van der Waals surface area contributed by atoms with Crippen LogP contribution in [0.3, 0.4) is 0 Å². The number of benzene rings is 2. The normalized spacial score (nSPS) is 17.0. The van der Waals surface area contributed by atoms with Crippen LogP contribution in [0, 0.1) is 13.1 Å². The second-order valence-electron chi connectivity index (χ2n) is 5.00. The quantitative estimate of drug-likeness (QED) is 0.479. The van der Waals surface area contributed by atoms with Gasteiger partial charge in [0.25, 0.3) is 10.1 Å². The predicted octanol–water partition coefficient (Wildman–Crippen LogP) is 2.81. The first-order valence-corrected chi connectivity index (χ1v) is 8.33. The first kappa shape index (κ1) is 17.2. The van der Waals surface area contributed by atoms with Gasteiger partial charge in [0.2, 0.25) is 0 Å². The first-order valence-electron chi connectivity index (χ1n) is 6.89. The van der Waals surface area contributed by atoms with Crippen molar-refractivity contribution >= 4 is 38.4 Å². The maximum Gasteiger partial charge on any atom is 0.376 e. The molecule has 0 bridgehead atoms. The van der Waals surface area contributed by atoms with Crippen LogP contribution >= 0.6 is 0 Å². The molecule has 0 spiro atoms. The highest BCUT2D eigenvalue weighted by Gasteiger charge is 2.30. The van der Waals surface area contributed by atoms with Crippen molar-refractivity contribution in [3.63, 3.8) is 0 Å². The summed E-state index contributed by atoms with van der Waals surface area (Å²) in [6, 6.07) is 6.49. The lowest BCUT2D eigenvalue weighted by Gasteiger charge is -2.05. The Morgan fingerprint density at radius 2 is 1.92 bits per heavy atom. The summed E-state index contributed by atoms with van der Waals surface area (Å²) in [6.07, 6.45) is -1.06. The van der Waals surface area contributed by atoms with Gasteiger partial charge in [-0.1, -0.05) is 28.8 Å². The van der Waals surface area contributed by atoms with E-state index in [-0.39, 0.29) is 28.1 Å². The molecule has 10 nitrogen and oxygen atoms in total. The van der Waals surface area contributed by atoms with Crippen molar-refractivity contribution in [3.8, 4) is 5.75 Å². The molecule has 2 aromatic carbocycles. The highest BCUT2D eigenvalue weighted by molar-refractivity contribution is 7.85. The molecule has 2 N–H and O–H groups in total. The molecule has 128 valence electrons. The Labute approximate surface area is 147 Å². The fourth-order valence-electron chi connectivity index (χ4n) is 2.21. The Morgan fingerprint density at radius 1 is 1.15 bits per heavy atom. The third-order valence-corrected chi connectivity index (χ3v) is 4.25. The number of rotatable bonds is 2. The van der Waals surface area contributed by atoms with Crippen molar-refractivity contribution in [2.75, 3.05) is 0 Å². The number of azo groups is 1. The average molecular weight is 368 g/mol. The van der Waals surface area contributed by atoms with Gasteiger partial charge in [-0.2, -0.15) is 8.42 Å². The van der Waals surface area contributed by atoms with Gasteiger partial charge in [-0.3, -0.25) is 9.40 Å². The minimum atomic E-state index is -4.37. The number of aliphatic imine (C=N–C) groups is 2. The molecule has 1 atom stereocenters. The van der Waals surface area contributed by atoms with Crippen molar-refractivity contribution in [1.29, 1.82) is 0 Å². The molecule has 0 radical (unpaired) electrons. The highest BCUT2D eigenvalue weighted by atomic mass is 32.2. The summed E-state index contributed by atoms with van der Waals surface area (Å²) < 4.78 is 31.6. The number of phenolic OH excluding ortho intramolecular Hbond substituents is 1. The Hall–Kier alpha value is -3.67. The number of amidine groups is 1. The van der Waals surface area contributed by atoms with Crippen LogP contribution in [0.15, 0.2) is 55.4 Å². The molecule has 1 unspecified atom stereocenters. The zero-order chi connectivity index (χ0) is 18.9. The number of aromatic hydroxyl groups is 1. The smallest absolute Gasteiger partial charge is 0.376 e. The molecular weight excluding hydrogens is 360 g/mol. The molecule has 11 heteroatoms. The minimum absolute atomic E-state index is 0.0258. The van der Waals surface area contributed by atoms with Crippen LogP contribution in [0.1, 0.15) is 0 Å². The van der Waals surface area contributed by atoms with Gasteiger partial charge in [-0.15, -0.1) is 10.1 Å². The Kier molecular flexibility index (Phi) is 4.18. The van der Waals surface area contributed by atoms with Gasteiger partial charge in [0.05, 0.1) is 4.90 Å². The van der Waals surface area contributed by atoms with Gasteiger partial charge in [0.1, 0.15) is 11.4 Å². The predicted molar refractivity (Wildman–Crippen MR) is 91.8 cm³/mol. The molecule has 0 amide bonds. The summed E-state index contributed by atoms with van der Waals surface area (Å²) in [4.78, 5) is 13.5. The lowest BCUT2D eigenvalue weighted by atomic mass is 10.1. The van der Waals surface area contributed by atoms with Crippen LogP contribution in [-0.2, 0) is 10.1 Å². The molecule has 3 rings (SSSR count). The zero-order valence-corrected chi connectivity index (χ0v) is 13.6. The molecule has 0 aromatic heterocycles.